The molecule has 7 heteroatoms. The topological polar surface area (TPSA) is 90.4 Å². The largest absolute Gasteiger partial charge is 0.461 e. The van der Waals surface area contributed by atoms with E-state index in [2.05, 4.69) is 15.5 Å². The maximum Gasteiger partial charge on any atom is 0.250 e. The second-order valence-electron chi connectivity index (χ2n) is 4.80. The summed E-state index contributed by atoms with van der Waals surface area (Å²) in [4.78, 5) is 16.0. The van der Waals surface area contributed by atoms with Crippen LogP contribution in [-0.2, 0) is 16.0 Å². The Bertz CT molecular complexity index is 780. The lowest BCUT2D eigenvalue weighted by Crippen LogP contribution is -2.18. The molecule has 0 unspecified atom stereocenters. The van der Waals surface area contributed by atoms with Crippen LogP contribution in [0.15, 0.2) is 51.6 Å². The molecule has 2 heterocycles. The molecule has 0 aliphatic carbocycles. The van der Waals surface area contributed by atoms with E-state index in [-0.39, 0.29) is 12.5 Å². The number of aromatic nitrogens is 2. The standard InChI is InChI=1S/C16H15N3O4/c1-21-10-14(20)17-12-6-3-2-5-11(12)9-15-18-16(19-23-15)13-7-4-8-22-13/h2-8H,9-10H2,1H3,(H,17,20). The summed E-state index contributed by atoms with van der Waals surface area (Å²) in [7, 11) is 1.47. The number of carbonyl (C=O) groups excluding carboxylic acids is 1. The number of carbonyl (C=O) groups is 1. The van der Waals surface area contributed by atoms with Crippen LogP contribution in [-0.4, -0.2) is 29.8 Å². The molecule has 0 aliphatic rings. The van der Waals surface area contributed by atoms with Gasteiger partial charge in [0.1, 0.15) is 6.61 Å². The molecule has 1 N–H and O–H groups in total. The molecule has 2 aromatic heterocycles. The van der Waals surface area contributed by atoms with Gasteiger partial charge in [0.05, 0.1) is 12.7 Å². The van der Waals surface area contributed by atoms with E-state index in [9.17, 15) is 4.79 Å². The van der Waals surface area contributed by atoms with Crippen LogP contribution < -0.4 is 5.32 Å². The number of nitrogens with zero attached hydrogens (tertiary/aromatic N) is 2. The summed E-state index contributed by atoms with van der Waals surface area (Å²) in [5.41, 5.74) is 1.55. The molecule has 1 aromatic carbocycles. The summed E-state index contributed by atoms with van der Waals surface area (Å²) in [5.74, 6) is 1.15. The van der Waals surface area contributed by atoms with Crippen LogP contribution in [0.1, 0.15) is 11.5 Å². The highest BCUT2D eigenvalue weighted by atomic mass is 16.5. The SMILES string of the molecule is COCC(=O)Nc1ccccc1Cc1nc(-c2ccco2)no1. The minimum absolute atomic E-state index is 0.00245. The lowest BCUT2D eigenvalue weighted by molar-refractivity contribution is -0.119. The van der Waals surface area contributed by atoms with Gasteiger partial charge in [-0.2, -0.15) is 4.98 Å². The van der Waals surface area contributed by atoms with Crippen LogP contribution in [0.2, 0.25) is 0 Å². The highest BCUT2D eigenvalue weighted by Crippen LogP contribution is 2.21. The normalized spacial score (nSPS) is 10.7. The Balaban J connectivity index is 1.76. The molecule has 0 spiro atoms. The summed E-state index contributed by atoms with van der Waals surface area (Å²) >= 11 is 0. The van der Waals surface area contributed by atoms with Crippen molar-refractivity contribution in [3.8, 4) is 11.6 Å². The first-order chi connectivity index (χ1) is 11.3. The number of para-hydroxylation sites is 1. The zero-order chi connectivity index (χ0) is 16.1. The van der Waals surface area contributed by atoms with Crippen molar-refractivity contribution in [2.75, 3.05) is 19.0 Å². The Hall–Kier alpha value is -2.93. The molecule has 0 fully saturated rings. The summed E-state index contributed by atoms with van der Waals surface area (Å²) in [6.07, 6.45) is 1.95. The fraction of sp³-hybridized carbons (Fsp3) is 0.188. The molecule has 0 aliphatic heterocycles. The van der Waals surface area contributed by atoms with Crippen LogP contribution in [0, 0.1) is 0 Å². The molecule has 0 radical (unpaired) electrons. The van der Waals surface area contributed by atoms with Gasteiger partial charge in [-0.1, -0.05) is 23.4 Å². The molecule has 7 nitrogen and oxygen atoms in total. The van der Waals surface area contributed by atoms with Gasteiger partial charge < -0.3 is 19.0 Å². The first-order valence-corrected chi connectivity index (χ1v) is 6.99. The Morgan fingerprint density at radius 1 is 1.26 bits per heavy atom. The molecule has 23 heavy (non-hydrogen) atoms. The number of furan rings is 1. The lowest BCUT2D eigenvalue weighted by atomic mass is 10.1. The van der Waals surface area contributed by atoms with E-state index < -0.39 is 0 Å². The van der Waals surface area contributed by atoms with Crippen molar-refractivity contribution in [3.63, 3.8) is 0 Å². The van der Waals surface area contributed by atoms with Crippen LogP contribution in [0.5, 0.6) is 0 Å². The average Bonchev–Trinajstić information content (AvgIpc) is 3.20. The maximum atomic E-state index is 11.7. The number of ether oxygens (including phenoxy) is 1. The van der Waals surface area contributed by atoms with Gasteiger partial charge in [0, 0.05) is 12.8 Å². The van der Waals surface area contributed by atoms with E-state index in [0.29, 0.717) is 29.6 Å². The number of methoxy groups -OCH3 is 1. The molecule has 0 bridgehead atoms. The third-order valence-corrected chi connectivity index (χ3v) is 3.12. The molecule has 0 saturated carbocycles. The van der Waals surface area contributed by atoms with E-state index in [1.54, 1.807) is 18.4 Å². The van der Waals surface area contributed by atoms with Gasteiger partial charge in [0.2, 0.25) is 17.6 Å². The Morgan fingerprint density at radius 3 is 2.91 bits per heavy atom. The van der Waals surface area contributed by atoms with Crippen molar-refractivity contribution in [1.29, 1.82) is 0 Å². The second kappa shape index (κ2) is 6.89. The van der Waals surface area contributed by atoms with Crippen molar-refractivity contribution >= 4 is 11.6 Å². The van der Waals surface area contributed by atoms with Crippen molar-refractivity contribution in [2.45, 2.75) is 6.42 Å². The minimum Gasteiger partial charge on any atom is -0.461 e. The number of anilines is 1. The number of amides is 1. The predicted octanol–water partition coefficient (Wildman–Crippen LogP) is 2.51. The van der Waals surface area contributed by atoms with Crippen LogP contribution in [0.3, 0.4) is 0 Å². The van der Waals surface area contributed by atoms with Crippen LogP contribution in [0.25, 0.3) is 11.6 Å². The third-order valence-electron chi connectivity index (χ3n) is 3.12. The van der Waals surface area contributed by atoms with Crippen LogP contribution >= 0.6 is 0 Å². The van der Waals surface area contributed by atoms with Crippen LogP contribution in [0.4, 0.5) is 5.69 Å². The molecule has 1 amide bonds. The number of rotatable bonds is 6. The van der Waals surface area contributed by atoms with Gasteiger partial charge in [-0.25, -0.2) is 0 Å². The van der Waals surface area contributed by atoms with Gasteiger partial charge in [-0.3, -0.25) is 4.79 Å². The number of hydrogen-bond donors (Lipinski definition) is 1. The Labute approximate surface area is 132 Å². The molecule has 3 aromatic rings. The quantitative estimate of drug-likeness (QED) is 0.752. The third kappa shape index (κ3) is 3.64. The minimum atomic E-state index is -0.221. The number of benzene rings is 1. The molecule has 3 rings (SSSR count). The zero-order valence-electron chi connectivity index (χ0n) is 12.5. The van der Waals surface area contributed by atoms with E-state index in [1.807, 2.05) is 24.3 Å². The summed E-state index contributed by atoms with van der Waals surface area (Å²) in [6.45, 7) is -0.00245. The monoisotopic (exact) mass is 313 g/mol. The smallest absolute Gasteiger partial charge is 0.250 e. The van der Waals surface area contributed by atoms with E-state index in [0.717, 1.165) is 5.56 Å². The Morgan fingerprint density at radius 2 is 2.13 bits per heavy atom. The van der Waals surface area contributed by atoms with Gasteiger partial charge in [0.15, 0.2) is 5.76 Å². The fourth-order valence-corrected chi connectivity index (χ4v) is 2.11. The van der Waals surface area contributed by atoms with Crippen molar-refractivity contribution in [3.05, 3.63) is 54.1 Å². The fourth-order valence-electron chi connectivity index (χ4n) is 2.11. The maximum absolute atomic E-state index is 11.7. The summed E-state index contributed by atoms with van der Waals surface area (Å²) < 4.78 is 15.3. The van der Waals surface area contributed by atoms with E-state index >= 15 is 0 Å². The lowest BCUT2D eigenvalue weighted by Gasteiger charge is -2.09. The van der Waals surface area contributed by atoms with Crippen molar-refractivity contribution in [2.24, 2.45) is 0 Å². The van der Waals surface area contributed by atoms with E-state index in [4.69, 9.17) is 13.7 Å². The van der Waals surface area contributed by atoms with Gasteiger partial charge in [-0.05, 0) is 23.8 Å². The summed E-state index contributed by atoms with van der Waals surface area (Å²) in [5, 5.41) is 6.68. The van der Waals surface area contributed by atoms with Gasteiger partial charge in [-0.15, -0.1) is 0 Å². The number of hydrogen-bond acceptors (Lipinski definition) is 6. The number of nitrogens with one attached hydrogen (secondary N) is 1. The molecule has 118 valence electrons. The molecular weight excluding hydrogens is 298 g/mol. The average molecular weight is 313 g/mol. The molecular formula is C16H15N3O4. The first kappa shape index (κ1) is 15.0. The van der Waals surface area contributed by atoms with Crippen molar-refractivity contribution in [1.82, 2.24) is 10.1 Å². The van der Waals surface area contributed by atoms with Crippen molar-refractivity contribution < 1.29 is 18.5 Å². The summed E-state index contributed by atoms with van der Waals surface area (Å²) in [6, 6.07) is 10.9. The molecule has 0 atom stereocenters. The zero-order valence-corrected chi connectivity index (χ0v) is 12.5. The first-order valence-electron chi connectivity index (χ1n) is 6.99. The highest BCUT2D eigenvalue weighted by molar-refractivity contribution is 5.92. The Kier molecular flexibility index (Phi) is 4.49. The van der Waals surface area contributed by atoms with Gasteiger partial charge >= 0.3 is 0 Å². The van der Waals surface area contributed by atoms with E-state index in [1.165, 1.54) is 7.11 Å². The highest BCUT2D eigenvalue weighted by Gasteiger charge is 2.13. The predicted molar refractivity (Wildman–Crippen MR) is 81.8 cm³/mol. The second-order valence-corrected chi connectivity index (χ2v) is 4.80. The van der Waals surface area contributed by atoms with Gasteiger partial charge in [0.25, 0.3) is 0 Å². The molecule has 0 saturated heterocycles.